The van der Waals surface area contributed by atoms with Crippen molar-refractivity contribution in [3.8, 4) is 0 Å². The van der Waals surface area contributed by atoms with Crippen molar-refractivity contribution < 1.29 is 33.3 Å². The van der Waals surface area contributed by atoms with Crippen LogP contribution < -0.4 is 0 Å². The van der Waals surface area contributed by atoms with E-state index in [2.05, 4.69) is 74.6 Å². The third-order valence-corrected chi connectivity index (χ3v) is 19.6. The molecule has 3 saturated carbocycles. The van der Waals surface area contributed by atoms with Crippen LogP contribution >= 0.6 is 0 Å². The number of rotatable bonds is 10. The number of fused-ring (bicyclic) bond motifs is 6. The summed E-state index contributed by atoms with van der Waals surface area (Å²) in [6, 6.07) is 0. The Labute approximate surface area is 292 Å². The molecule has 7 nitrogen and oxygen atoms in total. The third-order valence-electron chi connectivity index (χ3n) is 15.1. The summed E-state index contributed by atoms with van der Waals surface area (Å²) in [5.41, 5.74) is 2.26. The predicted octanol–water partition coefficient (Wildman–Crippen LogP) is 9.42. The first-order valence-corrected chi connectivity index (χ1v) is 22.5. The lowest BCUT2D eigenvalue weighted by Crippen LogP contribution is -2.59. The van der Waals surface area contributed by atoms with Gasteiger partial charge in [-0.2, -0.15) is 0 Å². The third kappa shape index (κ3) is 6.73. The van der Waals surface area contributed by atoms with Crippen LogP contribution in [0.4, 0.5) is 4.79 Å². The van der Waals surface area contributed by atoms with Gasteiger partial charge in [0.05, 0.1) is 12.7 Å². The largest absolute Gasteiger partial charge is 0.509 e. The maximum Gasteiger partial charge on any atom is 0.509 e. The highest BCUT2D eigenvalue weighted by atomic mass is 28.4. The summed E-state index contributed by atoms with van der Waals surface area (Å²) in [7, 11) is -2.08. The van der Waals surface area contributed by atoms with Gasteiger partial charge in [-0.15, -0.1) is 0 Å². The first-order valence-electron chi connectivity index (χ1n) is 19.6. The van der Waals surface area contributed by atoms with E-state index >= 15 is 0 Å². The van der Waals surface area contributed by atoms with Crippen molar-refractivity contribution in [3.05, 3.63) is 11.6 Å². The molecule has 48 heavy (non-hydrogen) atoms. The Balaban J connectivity index is 1.10. The summed E-state index contributed by atoms with van der Waals surface area (Å²) < 4.78 is 30.4. The average molecular weight is 689 g/mol. The van der Waals surface area contributed by atoms with E-state index in [9.17, 15) is 9.90 Å². The van der Waals surface area contributed by atoms with E-state index in [4.69, 9.17) is 23.4 Å². The van der Waals surface area contributed by atoms with Crippen molar-refractivity contribution in [2.45, 2.75) is 181 Å². The van der Waals surface area contributed by atoms with Crippen LogP contribution in [0.25, 0.3) is 0 Å². The number of hydrogen-bond acceptors (Lipinski definition) is 7. The first kappa shape index (κ1) is 36.8. The summed E-state index contributed by atoms with van der Waals surface area (Å²) in [6.45, 7) is 23.8. The standard InChI is InChI=1S/C40H68O7Si/c1-24(2)12-11-13-25(3)29-16-17-30-28-15-14-26-22-27(18-20-39(26,7)31(28)19-21-40(29,30)8)44-36-33(41)35-34(46-37(42)47-35)32(45-36)23-43-48(9,10)38(4,5)6/h14,24-25,27-36,41H,11-13,15-23H2,1-10H3/t25-,27+,28+,29-,30+,31+,32-,33-,34+,35-,36-,39+,40-/m1/s1. The summed E-state index contributed by atoms with van der Waals surface area (Å²) in [6.07, 6.45) is 11.5. The Morgan fingerprint density at radius 1 is 1.00 bits per heavy atom. The highest BCUT2D eigenvalue weighted by Crippen LogP contribution is 2.67. The molecule has 0 amide bonds. The lowest BCUT2D eigenvalue weighted by Gasteiger charge is -2.58. The van der Waals surface area contributed by atoms with Gasteiger partial charge in [0, 0.05) is 0 Å². The minimum atomic E-state index is -2.08. The predicted molar refractivity (Wildman–Crippen MR) is 191 cm³/mol. The zero-order valence-electron chi connectivity index (χ0n) is 31.9. The van der Waals surface area contributed by atoms with Crippen molar-refractivity contribution in [3.63, 3.8) is 0 Å². The molecular weight excluding hydrogens is 621 g/mol. The Morgan fingerprint density at radius 2 is 1.73 bits per heavy atom. The molecule has 5 fully saturated rings. The van der Waals surface area contributed by atoms with Crippen molar-refractivity contribution in [1.82, 2.24) is 0 Å². The lowest BCUT2D eigenvalue weighted by molar-refractivity contribution is -0.295. The van der Waals surface area contributed by atoms with Crippen LogP contribution in [-0.4, -0.2) is 63.0 Å². The van der Waals surface area contributed by atoms with E-state index in [1.807, 2.05) is 0 Å². The second-order valence-electron chi connectivity index (χ2n) is 19.3. The maximum absolute atomic E-state index is 12.2. The van der Waals surface area contributed by atoms with Gasteiger partial charge in [-0.25, -0.2) is 4.79 Å². The monoisotopic (exact) mass is 688 g/mol. The van der Waals surface area contributed by atoms with E-state index in [1.165, 1.54) is 51.4 Å². The van der Waals surface area contributed by atoms with Gasteiger partial charge in [0.15, 0.2) is 26.8 Å². The Kier molecular flexibility index (Phi) is 10.4. The summed E-state index contributed by atoms with van der Waals surface area (Å²) in [5, 5.41) is 11.3. The molecular formula is C40H68O7Si. The van der Waals surface area contributed by atoms with Gasteiger partial charge in [0.25, 0.3) is 0 Å². The molecule has 0 bridgehead atoms. The zero-order valence-corrected chi connectivity index (χ0v) is 32.9. The summed E-state index contributed by atoms with van der Waals surface area (Å²) in [4.78, 5) is 12.2. The van der Waals surface area contributed by atoms with E-state index in [0.717, 1.165) is 54.8 Å². The molecule has 4 aliphatic carbocycles. The molecule has 2 heterocycles. The topological polar surface area (TPSA) is 83.5 Å². The fourth-order valence-electron chi connectivity index (χ4n) is 11.1. The Bertz CT molecular complexity index is 1190. The minimum Gasteiger partial charge on any atom is -0.424 e. The molecule has 8 heteroatoms. The molecule has 1 N–H and O–H groups in total. The molecule has 2 aliphatic heterocycles. The first-order chi connectivity index (χ1) is 22.4. The molecule has 0 aromatic carbocycles. The van der Waals surface area contributed by atoms with Crippen LogP contribution in [0.2, 0.25) is 18.1 Å². The number of aliphatic hydroxyl groups excluding tert-OH is 1. The number of hydrogen-bond donors (Lipinski definition) is 1. The molecule has 274 valence electrons. The second kappa shape index (κ2) is 13.6. The van der Waals surface area contributed by atoms with Crippen LogP contribution in [0.3, 0.4) is 0 Å². The summed E-state index contributed by atoms with van der Waals surface area (Å²) in [5.74, 6) is 4.90. The highest BCUT2D eigenvalue weighted by Gasteiger charge is 2.60. The van der Waals surface area contributed by atoms with Crippen LogP contribution in [0, 0.1) is 46.3 Å². The van der Waals surface area contributed by atoms with Crippen molar-refractivity contribution >= 4 is 14.5 Å². The number of carbonyl (C=O) groups excluding carboxylic acids is 1. The smallest absolute Gasteiger partial charge is 0.424 e. The molecule has 6 rings (SSSR count). The summed E-state index contributed by atoms with van der Waals surface area (Å²) >= 11 is 0. The van der Waals surface area contributed by atoms with Crippen LogP contribution in [0.15, 0.2) is 11.6 Å². The Morgan fingerprint density at radius 3 is 2.44 bits per heavy atom. The SMILES string of the molecule is CC(C)CCC[C@@H](C)[C@H]1CC[C@H]2[C@@H]3CC=C4C[C@@H](O[C@@H]5O[C@H](CO[Si](C)(C)C(C)(C)C)[C@@H]6OC(=O)O[C@@H]6[C@H]5O)CC[C@]4(C)[C@H]3CC[C@]12C. The molecule has 0 aromatic rings. The molecule has 2 saturated heterocycles. The van der Waals surface area contributed by atoms with Gasteiger partial charge >= 0.3 is 6.16 Å². The number of carbonyl (C=O) groups is 1. The zero-order chi connectivity index (χ0) is 34.8. The molecule has 13 atom stereocenters. The van der Waals surface area contributed by atoms with E-state index in [0.29, 0.717) is 5.41 Å². The van der Waals surface area contributed by atoms with Crippen molar-refractivity contribution in [1.29, 1.82) is 0 Å². The Hall–Kier alpha value is -0.933. The normalized spacial score (nSPS) is 43.4. The quantitative estimate of drug-likeness (QED) is 0.139. The molecule has 6 aliphatic rings. The second-order valence-corrected chi connectivity index (χ2v) is 24.1. The van der Waals surface area contributed by atoms with Gasteiger partial charge in [0.2, 0.25) is 0 Å². The molecule has 0 radical (unpaired) electrons. The average Bonchev–Trinajstić information content (AvgIpc) is 3.57. The fourth-order valence-corrected chi connectivity index (χ4v) is 12.1. The van der Waals surface area contributed by atoms with Gasteiger partial charge in [-0.3, -0.25) is 0 Å². The van der Waals surface area contributed by atoms with Crippen molar-refractivity contribution in [2.24, 2.45) is 46.3 Å². The number of allylic oxidation sites excluding steroid dienone is 1. The van der Waals surface area contributed by atoms with Gasteiger partial charge in [0.1, 0.15) is 12.2 Å². The van der Waals surface area contributed by atoms with Gasteiger partial charge < -0.3 is 28.5 Å². The van der Waals surface area contributed by atoms with Crippen LogP contribution in [-0.2, 0) is 23.4 Å². The van der Waals surface area contributed by atoms with Gasteiger partial charge in [-0.1, -0.05) is 86.3 Å². The van der Waals surface area contributed by atoms with Crippen LogP contribution in [0.5, 0.6) is 0 Å². The maximum atomic E-state index is 12.2. The lowest BCUT2D eigenvalue weighted by atomic mass is 9.47. The molecule has 0 spiro atoms. The van der Waals surface area contributed by atoms with Crippen molar-refractivity contribution in [2.75, 3.05) is 6.61 Å². The number of aliphatic hydroxyl groups is 1. The molecule has 0 aromatic heterocycles. The number of ether oxygens (including phenoxy) is 4. The molecule has 0 unspecified atom stereocenters. The highest BCUT2D eigenvalue weighted by molar-refractivity contribution is 6.74. The van der Waals surface area contributed by atoms with E-state index < -0.39 is 45.2 Å². The van der Waals surface area contributed by atoms with E-state index in [1.54, 1.807) is 5.57 Å². The van der Waals surface area contributed by atoms with Crippen LogP contribution in [0.1, 0.15) is 126 Å². The minimum absolute atomic E-state index is 0.0306. The van der Waals surface area contributed by atoms with E-state index in [-0.39, 0.29) is 23.2 Å². The van der Waals surface area contributed by atoms with Gasteiger partial charge in [-0.05, 0) is 116 Å². The fraction of sp³-hybridized carbons (Fsp3) is 0.925.